The van der Waals surface area contributed by atoms with Crippen molar-refractivity contribution in [3.63, 3.8) is 0 Å². The molecule has 3 heterocycles. The smallest absolute Gasteiger partial charge is 0.417 e. The van der Waals surface area contributed by atoms with Crippen LogP contribution in [-0.4, -0.2) is 63.0 Å². The second-order valence-electron chi connectivity index (χ2n) is 14.2. The molecule has 0 radical (unpaired) electrons. The number of carbonyl (C=O) groups excluding carboxylic acids is 1. The van der Waals surface area contributed by atoms with Gasteiger partial charge >= 0.3 is 18.0 Å². The van der Waals surface area contributed by atoms with Crippen LogP contribution in [0.4, 0.5) is 37.0 Å². The van der Waals surface area contributed by atoms with Crippen LogP contribution in [0.15, 0.2) is 46.1 Å². The van der Waals surface area contributed by atoms with E-state index in [1.54, 1.807) is 56.6 Å². The van der Waals surface area contributed by atoms with E-state index in [1.807, 2.05) is 0 Å². The topological polar surface area (TPSA) is 67.7 Å². The van der Waals surface area contributed by atoms with E-state index in [-0.39, 0.29) is 64.6 Å². The summed E-state index contributed by atoms with van der Waals surface area (Å²) in [6, 6.07) is 5.85. The maximum absolute atomic E-state index is 15.1. The molecule has 3 aliphatic rings. The maximum atomic E-state index is 15.1. The molecule has 264 valence electrons. The molecule has 1 aliphatic carbocycles. The standard InChI is InChI=1S/C35H38F6N4O3S/c1-19-15-43(16-20(2)45(19)32(47)48-33(3,4)5)30-25-14-26(35(39,40)41)27(22-10-12-34(37,38)13-11-22)29-28(25)44(31(46)42-30)17-23(18-49-29)21-6-8-24(36)9-7-21/h6-10,14,19-20,23H,11-13,15-18H2,1-5H3/t19-,20+,23-/m0/s1. The molecule has 0 N–H and O–H groups in total. The SMILES string of the molecule is C[C@@H]1CN(c2nc(=O)n3c4c(c(C5=CCC(F)(F)CC5)c(C(F)(F)F)cc24)SC[C@@H](c2ccc(F)cc2)C3)C[C@H](C)N1C(=O)OC(C)(C)C. The van der Waals surface area contributed by atoms with Crippen molar-refractivity contribution in [3.8, 4) is 0 Å². The van der Waals surface area contributed by atoms with Crippen molar-refractivity contribution in [2.75, 3.05) is 23.7 Å². The van der Waals surface area contributed by atoms with E-state index in [0.717, 1.165) is 17.8 Å². The molecule has 3 atom stereocenters. The molecule has 1 fully saturated rings. The Hall–Kier alpha value is -3.68. The van der Waals surface area contributed by atoms with Gasteiger partial charge in [-0.15, -0.1) is 11.8 Å². The minimum absolute atomic E-state index is 0.0575. The number of allylic oxidation sites excluding steroid dienone is 2. The van der Waals surface area contributed by atoms with Crippen LogP contribution in [0.3, 0.4) is 0 Å². The molecule has 1 amide bonds. The second-order valence-corrected chi connectivity index (χ2v) is 15.2. The van der Waals surface area contributed by atoms with Gasteiger partial charge in [-0.1, -0.05) is 18.2 Å². The average Bonchev–Trinajstić information content (AvgIpc) is 3.19. The molecular weight excluding hydrogens is 670 g/mol. The Balaban J connectivity index is 1.55. The number of ether oxygens (including phenoxy) is 1. The minimum Gasteiger partial charge on any atom is -0.444 e. The lowest BCUT2D eigenvalue weighted by atomic mass is 9.87. The zero-order chi connectivity index (χ0) is 35.6. The van der Waals surface area contributed by atoms with Crippen LogP contribution in [0.25, 0.3) is 16.5 Å². The third-order valence-electron chi connectivity index (χ3n) is 9.23. The highest BCUT2D eigenvalue weighted by atomic mass is 32.2. The number of aromatic nitrogens is 2. The summed E-state index contributed by atoms with van der Waals surface area (Å²) in [6.07, 6.45) is -5.75. The molecule has 14 heteroatoms. The predicted octanol–water partition coefficient (Wildman–Crippen LogP) is 8.48. The van der Waals surface area contributed by atoms with Crippen molar-refractivity contribution >= 4 is 40.1 Å². The first-order valence-electron chi connectivity index (χ1n) is 16.2. The molecule has 2 aromatic carbocycles. The van der Waals surface area contributed by atoms with Crippen molar-refractivity contribution in [3.05, 3.63) is 69.4 Å². The summed E-state index contributed by atoms with van der Waals surface area (Å²) in [5, 5.41) is 0.102. The summed E-state index contributed by atoms with van der Waals surface area (Å²) in [7, 11) is 0. The summed E-state index contributed by atoms with van der Waals surface area (Å²) in [6.45, 7) is 9.25. The van der Waals surface area contributed by atoms with E-state index in [4.69, 9.17) is 4.74 Å². The molecule has 3 aromatic rings. The van der Waals surface area contributed by atoms with Gasteiger partial charge in [-0.2, -0.15) is 18.2 Å². The fourth-order valence-electron chi connectivity index (χ4n) is 7.07. The normalized spacial score (nSPS) is 22.9. The monoisotopic (exact) mass is 708 g/mol. The van der Waals surface area contributed by atoms with Gasteiger partial charge in [-0.3, -0.25) is 9.47 Å². The van der Waals surface area contributed by atoms with Gasteiger partial charge in [-0.05, 0) is 70.4 Å². The Labute approximate surface area is 284 Å². The zero-order valence-electron chi connectivity index (χ0n) is 27.8. The van der Waals surface area contributed by atoms with E-state index >= 15 is 13.2 Å². The number of thioether (sulfide) groups is 1. The molecule has 1 aromatic heterocycles. The summed E-state index contributed by atoms with van der Waals surface area (Å²) in [5.41, 5.74) is -1.49. The molecule has 6 rings (SSSR count). The number of hydrogen-bond acceptors (Lipinski definition) is 6. The van der Waals surface area contributed by atoms with Crippen molar-refractivity contribution in [1.82, 2.24) is 14.5 Å². The van der Waals surface area contributed by atoms with Crippen LogP contribution in [0.5, 0.6) is 0 Å². The first kappa shape index (κ1) is 35.2. The molecule has 0 saturated carbocycles. The Kier molecular flexibility index (Phi) is 9.02. The molecular formula is C35H38F6N4O3S. The number of alkyl halides is 5. The van der Waals surface area contributed by atoms with Crippen LogP contribution >= 0.6 is 11.8 Å². The van der Waals surface area contributed by atoms with Gasteiger partial charge in [0, 0.05) is 60.0 Å². The number of nitrogens with zero attached hydrogens (tertiary/aromatic N) is 4. The Morgan fingerprint density at radius 3 is 2.27 bits per heavy atom. The minimum atomic E-state index is -4.86. The lowest BCUT2D eigenvalue weighted by Gasteiger charge is -2.45. The largest absolute Gasteiger partial charge is 0.444 e. The van der Waals surface area contributed by atoms with Gasteiger partial charge in [0.05, 0.1) is 23.2 Å². The molecule has 7 nitrogen and oxygen atoms in total. The molecule has 0 unspecified atom stereocenters. The lowest BCUT2D eigenvalue weighted by Crippen LogP contribution is -2.59. The van der Waals surface area contributed by atoms with Crippen molar-refractivity contribution in [2.45, 2.75) is 101 Å². The molecule has 0 bridgehead atoms. The van der Waals surface area contributed by atoms with Crippen molar-refractivity contribution in [2.24, 2.45) is 0 Å². The van der Waals surface area contributed by atoms with E-state index in [0.29, 0.717) is 5.56 Å². The first-order valence-corrected chi connectivity index (χ1v) is 17.2. The van der Waals surface area contributed by atoms with Crippen LogP contribution in [-0.2, 0) is 17.5 Å². The number of hydrogen-bond donors (Lipinski definition) is 0. The third-order valence-corrected chi connectivity index (χ3v) is 10.5. The Morgan fingerprint density at radius 2 is 1.69 bits per heavy atom. The van der Waals surface area contributed by atoms with Crippen LogP contribution in [0.2, 0.25) is 0 Å². The highest BCUT2D eigenvalue weighted by Crippen LogP contribution is 2.50. The Morgan fingerprint density at radius 1 is 1.04 bits per heavy atom. The molecule has 49 heavy (non-hydrogen) atoms. The van der Waals surface area contributed by atoms with E-state index in [9.17, 15) is 22.8 Å². The zero-order valence-corrected chi connectivity index (χ0v) is 28.7. The van der Waals surface area contributed by atoms with E-state index in [1.165, 1.54) is 22.8 Å². The predicted molar refractivity (Wildman–Crippen MR) is 177 cm³/mol. The van der Waals surface area contributed by atoms with Gasteiger partial charge in [-0.25, -0.2) is 22.8 Å². The van der Waals surface area contributed by atoms with Gasteiger partial charge in [0.25, 0.3) is 5.92 Å². The number of piperazine rings is 1. The lowest BCUT2D eigenvalue weighted by molar-refractivity contribution is -0.137. The average molecular weight is 709 g/mol. The van der Waals surface area contributed by atoms with Gasteiger partial charge in [0.15, 0.2) is 0 Å². The fourth-order valence-corrected chi connectivity index (χ4v) is 8.48. The third kappa shape index (κ3) is 7.02. The quantitative estimate of drug-likeness (QED) is 0.255. The highest BCUT2D eigenvalue weighted by Gasteiger charge is 2.42. The summed E-state index contributed by atoms with van der Waals surface area (Å²) >= 11 is 1.14. The summed E-state index contributed by atoms with van der Waals surface area (Å²) in [5.74, 6) is -3.57. The van der Waals surface area contributed by atoms with Crippen molar-refractivity contribution < 1.29 is 35.9 Å². The number of rotatable bonds is 3. The summed E-state index contributed by atoms with van der Waals surface area (Å²) in [4.78, 5) is 34.9. The Bertz CT molecular complexity index is 1860. The van der Waals surface area contributed by atoms with Crippen LogP contribution < -0.4 is 10.6 Å². The maximum Gasteiger partial charge on any atom is 0.417 e. The van der Waals surface area contributed by atoms with Gasteiger partial charge in [0.1, 0.15) is 17.2 Å². The fraction of sp³-hybridized carbons (Fsp3) is 0.514. The van der Waals surface area contributed by atoms with Crippen LogP contribution in [0, 0.1) is 5.82 Å². The number of halogens is 6. The molecule has 1 saturated heterocycles. The van der Waals surface area contributed by atoms with Gasteiger partial charge in [0.2, 0.25) is 0 Å². The number of amides is 1. The second kappa shape index (κ2) is 12.6. The van der Waals surface area contributed by atoms with Crippen molar-refractivity contribution in [1.29, 1.82) is 0 Å². The first-order chi connectivity index (χ1) is 22.8. The number of benzene rings is 2. The molecule has 0 spiro atoms. The number of carbonyl (C=O) groups is 1. The number of anilines is 1. The van der Waals surface area contributed by atoms with Crippen LogP contribution in [0.1, 0.15) is 76.5 Å². The molecule has 2 aliphatic heterocycles. The summed E-state index contributed by atoms with van der Waals surface area (Å²) < 4.78 is 94.4. The van der Waals surface area contributed by atoms with Gasteiger partial charge < -0.3 is 9.64 Å². The highest BCUT2D eigenvalue weighted by molar-refractivity contribution is 7.99. The van der Waals surface area contributed by atoms with E-state index in [2.05, 4.69) is 4.98 Å². The van der Waals surface area contributed by atoms with E-state index < -0.39 is 71.7 Å².